The SMILES string of the molecule is CCOc1ccccc1OCC(=O)N/N=C\c1cc(Br)cc(Br)c1OC(=O)c1cc(OC)c(OC)c(OC)c1. The molecule has 39 heavy (non-hydrogen) atoms. The fourth-order valence-electron chi connectivity index (χ4n) is 3.33. The molecule has 0 saturated heterocycles. The van der Waals surface area contributed by atoms with Crippen LogP contribution in [0.1, 0.15) is 22.8 Å². The molecular formula is C27H26Br2N2O8. The molecule has 0 saturated carbocycles. The van der Waals surface area contributed by atoms with Gasteiger partial charge in [0.15, 0.2) is 35.4 Å². The zero-order chi connectivity index (χ0) is 28.4. The highest BCUT2D eigenvalue weighted by Gasteiger charge is 2.20. The molecule has 0 aliphatic carbocycles. The lowest BCUT2D eigenvalue weighted by molar-refractivity contribution is -0.123. The molecule has 0 heterocycles. The fourth-order valence-corrected chi connectivity index (χ4v) is 4.67. The highest BCUT2D eigenvalue weighted by atomic mass is 79.9. The largest absolute Gasteiger partial charge is 0.493 e. The number of hydrogen-bond donors (Lipinski definition) is 1. The number of carbonyl (C=O) groups is 2. The molecule has 0 unspecified atom stereocenters. The van der Waals surface area contributed by atoms with Crippen LogP contribution in [-0.2, 0) is 4.79 Å². The van der Waals surface area contributed by atoms with Gasteiger partial charge in [0, 0.05) is 10.0 Å². The summed E-state index contributed by atoms with van der Waals surface area (Å²) >= 11 is 6.82. The Kier molecular flexibility index (Phi) is 11.0. The van der Waals surface area contributed by atoms with Gasteiger partial charge in [-0.15, -0.1) is 0 Å². The van der Waals surface area contributed by atoms with Crippen molar-refractivity contribution in [3.8, 4) is 34.5 Å². The number of methoxy groups -OCH3 is 3. The summed E-state index contributed by atoms with van der Waals surface area (Å²) in [7, 11) is 4.36. The van der Waals surface area contributed by atoms with E-state index < -0.39 is 11.9 Å². The maximum atomic E-state index is 13.1. The van der Waals surface area contributed by atoms with Gasteiger partial charge in [0.05, 0.1) is 44.2 Å². The second-order valence-corrected chi connectivity index (χ2v) is 9.34. The van der Waals surface area contributed by atoms with Crippen LogP contribution in [0.2, 0.25) is 0 Å². The third-order valence-corrected chi connectivity index (χ3v) is 6.08. The van der Waals surface area contributed by atoms with Crippen LogP contribution in [0.4, 0.5) is 0 Å². The molecule has 3 aromatic carbocycles. The molecule has 3 rings (SSSR count). The minimum atomic E-state index is -0.683. The van der Waals surface area contributed by atoms with Crippen LogP contribution < -0.4 is 33.8 Å². The zero-order valence-electron chi connectivity index (χ0n) is 21.6. The summed E-state index contributed by atoms with van der Waals surface area (Å²) in [5.41, 5.74) is 2.96. The number of para-hydroxylation sites is 2. The Balaban J connectivity index is 1.75. The molecular weight excluding hydrogens is 640 g/mol. The summed E-state index contributed by atoms with van der Waals surface area (Å²) in [4.78, 5) is 25.4. The van der Waals surface area contributed by atoms with Crippen molar-refractivity contribution in [2.45, 2.75) is 6.92 Å². The van der Waals surface area contributed by atoms with Crippen LogP contribution in [0, 0.1) is 0 Å². The number of carbonyl (C=O) groups excluding carboxylic acids is 2. The fraction of sp³-hybridized carbons (Fsp3) is 0.222. The van der Waals surface area contributed by atoms with Crippen LogP contribution in [0.3, 0.4) is 0 Å². The Morgan fingerprint density at radius 3 is 2.10 bits per heavy atom. The van der Waals surface area contributed by atoms with E-state index in [2.05, 4.69) is 42.4 Å². The summed E-state index contributed by atoms with van der Waals surface area (Å²) in [6.07, 6.45) is 1.35. The predicted octanol–water partition coefficient (Wildman–Crippen LogP) is 5.38. The zero-order valence-corrected chi connectivity index (χ0v) is 24.8. The van der Waals surface area contributed by atoms with Crippen molar-refractivity contribution in [2.75, 3.05) is 34.5 Å². The van der Waals surface area contributed by atoms with E-state index in [9.17, 15) is 9.59 Å². The quantitative estimate of drug-likeness (QED) is 0.119. The number of benzene rings is 3. The van der Waals surface area contributed by atoms with Gasteiger partial charge in [0.1, 0.15) is 0 Å². The summed E-state index contributed by atoms with van der Waals surface area (Å²) in [6, 6.07) is 13.4. The van der Waals surface area contributed by atoms with Gasteiger partial charge in [-0.1, -0.05) is 28.1 Å². The normalized spacial score (nSPS) is 10.6. The van der Waals surface area contributed by atoms with Crippen molar-refractivity contribution in [1.82, 2.24) is 5.43 Å². The maximum absolute atomic E-state index is 13.1. The van der Waals surface area contributed by atoms with Gasteiger partial charge in [0.25, 0.3) is 5.91 Å². The maximum Gasteiger partial charge on any atom is 0.343 e. The van der Waals surface area contributed by atoms with E-state index in [-0.39, 0.29) is 17.9 Å². The molecule has 1 N–H and O–H groups in total. The number of halogens is 2. The van der Waals surface area contributed by atoms with Crippen LogP contribution in [0.25, 0.3) is 0 Å². The molecule has 0 bridgehead atoms. The Labute approximate surface area is 242 Å². The van der Waals surface area contributed by atoms with Crippen LogP contribution >= 0.6 is 31.9 Å². The van der Waals surface area contributed by atoms with Crippen molar-refractivity contribution >= 4 is 50.0 Å². The highest BCUT2D eigenvalue weighted by molar-refractivity contribution is 9.11. The average Bonchev–Trinajstić information content (AvgIpc) is 2.93. The first-order valence-electron chi connectivity index (χ1n) is 11.5. The molecule has 0 aliphatic rings. The molecule has 0 radical (unpaired) electrons. The van der Waals surface area contributed by atoms with E-state index in [1.54, 1.807) is 30.3 Å². The van der Waals surface area contributed by atoms with E-state index >= 15 is 0 Å². The first-order chi connectivity index (χ1) is 18.8. The molecule has 3 aromatic rings. The van der Waals surface area contributed by atoms with E-state index in [1.165, 1.54) is 39.7 Å². The smallest absolute Gasteiger partial charge is 0.343 e. The lowest BCUT2D eigenvalue weighted by Crippen LogP contribution is -2.24. The van der Waals surface area contributed by atoms with Gasteiger partial charge >= 0.3 is 5.97 Å². The number of hydrogen-bond acceptors (Lipinski definition) is 9. The summed E-state index contributed by atoms with van der Waals surface area (Å²) in [5.74, 6) is 0.916. The van der Waals surface area contributed by atoms with Crippen molar-refractivity contribution in [2.24, 2.45) is 5.10 Å². The van der Waals surface area contributed by atoms with Gasteiger partial charge in [-0.2, -0.15) is 5.10 Å². The Bertz CT molecular complexity index is 1340. The first-order valence-corrected chi connectivity index (χ1v) is 13.1. The molecule has 0 atom stereocenters. The molecule has 206 valence electrons. The van der Waals surface area contributed by atoms with E-state index in [4.69, 9.17) is 28.4 Å². The molecule has 0 fully saturated rings. The second-order valence-electron chi connectivity index (χ2n) is 7.57. The van der Waals surface area contributed by atoms with Gasteiger partial charge in [0.2, 0.25) is 5.75 Å². The molecule has 1 amide bonds. The van der Waals surface area contributed by atoms with Crippen molar-refractivity contribution in [1.29, 1.82) is 0 Å². The minimum absolute atomic E-state index is 0.167. The highest BCUT2D eigenvalue weighted by Crippen LogP contribution is 2.39. The third kappa shape index (κ3) is 7.87. The number of nitrogens with one attached hydrogen (secondary N) is 1. The summed E-state index contributed by atoms with van der Waals surface area (Å²) < 4.78 is 33.8. The third-order valence-electron chi connectivity index (χ3n) is 5.03. The van der Waals surface area contributed by atoms with Crippen LogP contribution in [0.5, 0.6) is 34.5 Å². The van der Waals surface area contributed by atoms with Crippen molar-refractivity contribution in [3.05, 3.63) is 68.6 Å². The van der Waals surface area contributed by atoms with Gasteiger partial charge < -0.3 is 28.4 Å². The lowest BCUT2D eigenvalue weighted by Gasteiger charge is -2.15. The summed E-state index contributed by atoms with van der Waals surface area (Å²) in [5, 5.41) is 3.99. The van der Waals surface area contributed by atoms with Crippen LogP contribution in [-0.4, -0.2) is 52.6 Å². The Morgan fingerprint density at radius 2 is 1.51 bits per heavy atom. The number of rotatable bonds is 12. The summed E-state index contributed by atoms with van der Waals surface area (Å²) in [6.45, 7) is 2.03. The predicted molar refractivity (Wildman–Crippen MR) is 152 cm³/mol. The van der Waals surface area contributed by atoms with Gasteiger partial charge in [-0.25, -0.2) is 10.2 Å². The number of amides is 1. The lowest BCUT2D eigenvalue weighted by atomic mass is 10.1. The molecule has 12 heteroatoms. The van der Waals surface area contributed by atoms with Crippen LogP contribution in [0.15, 0.2) is 62.6 Å². The number of hydrazone groups is 1. The molecule has 0 aliphatic heterocycles. The van der Waals surface area contributed by atoms with Crippen molar-refractivity contribution in [3.63, 3.8) is 0 Å². The first kappa shape index (κ1) is 29.8. The number of esters is 1. The molecule has 10 nitrogen and oxygen atoms in total. The monoisotopic (exact) mass is 664 g/mol. The number of nitrogens with zero attached hydrogens (tertiary/aromatic N) is 1. The topological polar surface area (TPSA) is 114 Å². The van der Waals surface area contributed by atoms with Gasteiger partial charge in [-0.05, 0) is 59.3 Å². The average molecular weight is 666 g/mol. The Hall–Kier alpha value is -3.77. The van der Waals surface area contributed by atoms with Crippen molar-refractivity contribution < 1.29 is 38.0 Å². The second kappa shape index (κ2) is 14.4. The molecule has 0 aromatic heterocycles. The Morgan fingerprint density at radius 1 is 0.872 bits per heavy atom. The standard InChI is InChI=1S/C27H26Br2N2O8/c1-5-37-20-8-6-7-9-21(20)38-15-24(32)31-30-14-17-10-18(28)13-19(29)25(17)39-27(33)16-11-22(34-2)26(36-4)23(12-16)35-3/h6-14H,5,15H2,1-4H3,(H,31,32)/b30-14-. The van der Waals surface area contributed by atoms with E-state index in [0.717, 1.165) is 0 Å². The number of ether oxygens (including phenoxy) is 6. The van der Waals surface area contributed by atoms with E-state index in [0.29, 0.717) is 49.9 Å². The molecule has 0 spiro atoms. The van der Waals surface area contributed by atoms with Gasteiger partial charge in [-0.3, -0.25) is 4.79 Å². The van der Waals surface area contributed by atoms with E-state index in [1.807, 2.05) is 13.0 Å². The minimum Gasteiger partial charge on any atom is -0.493 e.